The predicted octanol–water partition coefficient (Wildman–Crippen LogP) is 1.91. The van der Waals surface area contributed by atoms with Crippen LogP contribution < -0.4 is 5.32 Å². The molecule has 2 rings (SSSR count). The molecule has 0 aromatic heterocycles. The van der Waals surface area contributed by atoms with Gasteiger partial charge in [-0.25, -0.2) is 8.42 Å². The molecule has 4 nitrogen and oxygen atoms in total. The Morgan fingerprint density at radius 1 is 1.29 bits per heavy atom. The van der Waals surface area contributed by atoms with Crippen molar-refractivity contribution < 1.29 is 8.42 Å². The molecule has 5 heteroatoms. The van der Waals surface area contributed by atoms with Crippen molar-refractivity contribution in [3.63, 3.8) is 0 Å². The second-order valence-corrected chi connectivity index (χ2v) is 10.6. The lowest BCUT2D eigenvalue weighted by Gasteiger charge is -2.47. The van der Waals surface area contributed by atoms with Gasteiger partial charge in [-0.05, 0) is 24.2 Å². The molecule has 0 saturated carbocycles. The molecule has 2 heterocycles. The van der Waals surface area contributed by atoms with E-state index in [0.29, 0.717) is 23.8 Å². The summed E-state index contributed by atoms with van der Waals surface area (Å²) in [4.78, 5) is 2.45. The van der Waals surface area contributed by atoms with Gasteiger partial charge in [-0.1, -0.05) is 34.6 Å². The smallest absolute Gasteiger partial charge is 0.154 e. The molecule has 3 atom stereocenters. The lowest BCUT2D eigenvalue weighted by molar-refractivity contribution is 0.0631. The third kappa shape index (κ3) is 3.99. The van der Waals surface area contributed by atoms with E-state index in [-0.39, 0.29) is 10.7 Å². The molecule has 0 aromatic carbocycles. The minimum absolute atomic E-state index is 0.141. The second-order valence-electron chi connectivity index (χ2n) is 8.22. The Hall–Kier alpha value is -0.130. The molecular formula is C16H32N2O2S. The summed E-state index contributed by atoms with van der Waals surface area (Å²) in [5.74, 6) is 0.932. The Morgan fingerprint density at radius 3 is 2.43 bits per heavy atom. The SMILES string of the molecule is CC(C)C1CNC(C(C)(C)C)CN1CC1CCCS1(=O)=O. The van der Waals surface area contributed by atoms with E-state index in [2.05, 4.69) is 44.8 Å². The number of sulfone groups is 1. The van der Waals surface area contributed by atoms with Crippen LogP contribution in [0.15, 0.2) is 0 Å². The summed E-state index contributed by atoms with van der Waals surface area (Å²) in [6, 6.07) is 0.871. The molecule has 2 aliphatic heterocycles. The maximum atomic E-state index is 12.1. The van der Waals surface area contributed by atoms with Crippen LogP contribution >= 0.6 is 0 Å². The number of nitrogens with one attached hydrogen (secondary N) is 1. The van der Waals surface area contributed by atoms with E-state index < -0.39 is 9.84 Å². The van der Waals surface area contributed by atoms with Crippen LogP contribution in [0.1, 0.15) is 47.5 Å². The van der Waals surface area contributed by atoms with Crippen LogP contribution in [0.25, 0.3) is 0 Å². The van der Waals surface area contributed by atoms with Crippen LogP contribution in [0.2, 0.25) is 0 Å². The molecule has 0 amide bonds. The molecule has 124 valence electrons. The zero-order chi connectivity index (χ0) is 15.8. The van der Waals surface area contributed by atoms with Gasteiger partial charge in [-0.3, -0.25) is 4.90 Å². The van der Waals surface area contributed by atoms with Gasteiger partial charge in [0, 0.05) is 31.7 Å². The Morgan fingerprint density at radius 2 is 1.95 bits per heavy atom. The van der Waals surface area contributed by atoms with Gasteiger partial charge in [0.1, 0.15) is 0 Å². The lowest BCUT2D eigenvalue weighted by atomic mass is 9.83. The predicted molar refractivity (Wildman–Crippen MR) is 88.3 cm³/mol. The molecular weight excluding hydrogens is 284 g/mol. The highest BCUT2D eigenvalue weighted by Crippen LogP contribution is 2.28. The number of nitrogens with zero attached hydrogens (tertiary/aromatic N) is 1. The standard InChI is InChI=1S/C16H32N2O2S/c1-12(2)14-9-17-15(16(3,4)5)11-18(14)10-13-7-6-8-21(13,19)20/h12-15,17H,6-11H2,1-5H3. The summed E-state index contributed by atoms with van der Waals surface area (Å²) in [7, 11) is -2.85. The second kappa shape index (κ2) is 6.17. The molecule has 0 radical (unpaired) electrons. The number of rotatable bonds is 3. The van der Waals surface area contributed by atoms with Crippen molar-refractivity contribution in [3.05, 3.63) is 0 Å². The van der Waals surface area contributed by atoms with Crippen molar-refractivity contribution in [1.82, 2.24) is 10.2 Å². The normalized spacial score (nSPS) is 34.5. The monoisotopic (exact) mass is 316 g/mol. The molecule has 0 bridgehead atoms. The molecule has 0 aromatic rings. The van der Waals surface area contributed by atoms with Crippen molar-refractivity contribution in [2.45, 2.75) is 64.8 Å². The molecule has 2 saturated heterocycles. The first kappa shape index (κ1) is 17.2. The number of hydrogen-bond acceptors (Lipinski definition) is 4. The van der Waals surface area contributed by atoms with E-state index in [1.54, 1.807) is 0 Å². The van der Waals surface area contributed by atoms with E-state index in [9.17, 15) is 8.42 Å². The first-order chi connectivity index (χ1) is 9.61. The van der Waals surface area contributed by atoms with Crippen molar-refractivity contribution in [2.75, 3.05) is 25.4 Å². The maximum absolute atomic E-state index is 12.1. The number of piperazine rings is 1. The molecule has 2 aliphatic rings. The number of hydrogen-bond donors (Lipinski definition) is 1. The Balaban J connectivity index is 2.11. The summed E-state index contributed by atoms with van der Waals surface area (Å²) >= 11 is 0. The topological polar surface area (TPSA) is 49.4 Å². The minimum Gasteiger partial charge on any atom is -0.311 e. The fourth-order valence-electron chi connectivity index (χ4n) is 3.60. The molecule has 0 spiro atoms. The fourth-order valence-corrected chi connectivity index (χ4v) is 5.45. The van der Waals surface area contributed by atoms with Crippen molar-refractivity contribution >= 4 is 9.84 Å². The van der Waals surface area contributed by atoms with Gasteiger partial charge in [-0.15, -0.1) is 0 Å². The third-order valence-corrected chi connectivity index (χ3v) is 7.43. The summed E-state index contributed by atoms with van der Waals surface area (Å²) < 4.78 is 24.3. The summed E-state index contributed by atoms with van der Waals surface area (Å²) in [5, 5.41) is 3.53. The maximum Gasteiger partial charge on any atom is 0.154 e. The third-order valence-electron chi connectivity index (χ3n) is 5.18. The lowest BCUT2D eigenvalue weighted by Crippen LogP contribution is -2.62. The molecule has 0 aliphatic carbocycles. The highest BCUT2D eigenvalue weighted by atomic mass is 32.2. The average molecular weight is 317 g/mol. The van der Waals surface area contributed by atoms with Crippen LogP contribution in [0.3, 0.4) is 0 Å². The van der Waals surface area contributed by atoms with Gasteiger partial charge < -0.3 is 5.32 Å². The molecule has 1 N–H and O–H groups in total. The molecule has 2 fully saturated rings. The zero-order valence-corrected chi connectivity index (χ0v) is 15.0. The summed E-state index contributed by atoms with van der Waals surface area (Å²) in [6.07, 6.45) is 1.69. The van der Waals surface area contributed by atoms with E-state index in [0.717, 1.165) is 32.5 Å². The fraction of sp³-hybridized carbons (Fsp3) is 1.00. The van der Waals surface area contributed by atoms with Gasteiger partial charge in [-0.2, -0.15) is 0 Å². The Labute approximate surface area is 130 Å². The zero-order valence-electron chi connectivity index (χ0n) is 14.2. The molecule has 21 heavy (non-hydrogen) atoms. The van der Waals surface area contributed by atoms with E-state index >= 15 is 0 Å². The van der Waals surface area contributed by atoms with Crippen molar-refractivity contribution in [1.29, 1.82) is 0 Å². The Kier molecular flexibility index (Phi) is 5.06. The van der Waals surface area contributed by atoms with Crippen LogP contribution in [0.4, 0.5) is 0 Å². The first-order valence-corrected chi connectivity index (χ1v) is 10.0. The van der Waals surface area contributed by atoms with Crippen LogP contribution in [-0.4, -0.2) is 56.0 Å². The van der Waals surface area contributed by atoms with Gasteiger partial charge in [0.2, 0.25) is 0 Å². The van der Waals surface area contributed by atoms with Crippen molar-refractivity contribution in [2.24, 2.45) is 11.3 Å². The van der Waals surface area contributed by atoms with E-state index in [1.807, 2.05) is 0 Å². The molecule has 3 unspecified atom stereocenters. The van der Waals surface area contributed by atoms with Gasteiger partial charge >= 0.3 is 0 Å². The van der Waals surface area contributed by atoms with Gasteiger partial charge in [0.15, 0.2) is 9.84 Å². The highest BCUT2D eigenvalue weighted by molar-refractivity contribution is 7.92. The van der Waals surface area contributed by atoms with Crippen LogP contribution in [-0.2, 0) is 9.84 Å². The summed E-state index contributed by atoms with van der Waals surface area (Å²) in [5.41, 5.74) is 0.203. The van der Waals surface area contributed by atoms with Gasteiger partial charge in [0.25, 0.3) is 0 Å². The highest BCUT2D eigenvalue weighted by Gasteiger charge is 2.39. The first-order valence-electron chi connectivity index (χ1n) is 8.30. The average Bonchev–Trinajstić information content (AvgIpc) is 2.67. The van der Waals surface area contributed by atoms with Crippen LogP contribution in [0.5, 0.6) is 0 Å². The van der Waals surface area contributed by atoms with E-state index in [1.165, 1.54) is 0 Å². The quantitative estimate of drug-likeness (QED) is 0.864. The van der Waals surface area contributed by atoms with Crippen molar-refractivity contribution in [3.8, 4) is 0 Å². The van der Waals surface area contributed by atoms with Crippen LogP contribution in [0, 0.1) is 11.3 Å². The Bertz CT molecular complexity index is 453. The minimum atomic E-state index is -2.85. The van der Waals surface area contributed by atoms with Gasteiger partial charge in [0.05, 0.1) is 11.0 Å². The van der Waals surface area contributed by atoms with E-state index in [4.69, 9.17) is 0 Å². The summed E-state index contributed by atoms with van der Waals surface area (Å²) in [6.45, 7) is 13.9. The largest absolute Gasteiger partial charge is 0.311 e.